The summed E-state index contributed by atoms with van der Waals surface area (Å²) in [6.45, 7) is 2.50. The lowest BCUT2D eigenvalue weighted by molar-refractivity contribution is -0.117. The largest absolute Gasteiger partial charge is 0.494 e. The minimum absolute atomic E-state index is 0.00969. The first-order valence-electron chi connectivity index (χ1n) is 10.2. The van der Waals surface area contributed by atoms with Crippen LogP contribution in [0.3, 0.4) is 0 Å². The normalized spacial score (nSPS) is 12.9. The Hall–Kier alpha value is -3.04. The molecule has 166 valence electrons. The molecule has 0 unspecified atom stereocenters. The fourth-order valence-corrected chi connectivity index (χ4v) is 3.99. The molecule has 1 aromatic heterocycles. The maximum atomic E-state index is 12.2. The van der Waals surface area contributed by atoms with Crippen molar-refractivity contribution >= 4 is 35.3 Å². The van der Waals surface area contributed by atoms with Crippen molar-refractivity contribution in [2.75, 3.05) is 12.4 Å². The van der Waals surface area contributed by atoms with Crippen LogP contribution in [0.25, 0.3) is 17.1 Å². The summed E-state index contributed by atoms with van der Waals surface area (Å²) in [5.41, 5.74) is 1.51. The van der Waals surface area contributed by atoms with Gasteiger partial charge in [-0.3, -0.25) is 14.7 Å². The molecule has 0 atom stereocenters. The van der Waals surface area contributed by atoms with E-state index in [-0.39, 0.29) is 11.8 Å². The number of hydrogen-bond acceptors (Lipinski definition) is 6. The van der Waals surface area contributed by atoms with Crippen LogP contribution in [-0.4, -0.2) is 45.1 Å². The molecule has 1 fully saturated rings. The number of rotatable bonds is 8. The molecular weight excluding hydrogens is 450 g/mol. The van der Waals surface area contributed by atoms with Crippen molar-refractivity contribution in [3.8, 4) is 22.8 Å². The number of benzene rings is 2. The fraction of sp³-hybridized carbons (Fsp3) is 0.273. The predicted molar refractivity (Wildman–Crippen MR) is 123 cm³/mol. The highest BCUT2D eigenvalue weighted by Gasteiger charge is 2.24. The highest BCUT2D eigenvalue weighted by atomic mass is 35.5. The van der Waals surface area contributed by atoms with Crippen molar-refractivity contribution in [2.45, 2.75) is 31.0 Å². The molecule has 0 aliphatic heterocycles. The minimum atomic E-state index is -0.470. The van der Waals surface area contributed by atoms with E-state index in [9.17, 15) is 9.59 Å². The molecule has 3 aromatic rings. The summed E-state index contributed by atoms with van der Waals surface area (Å²) < 4.78 is 7.37. The van der Waals surface area contributed by atoms with Crippen LogP contribution in [0.5, 0.6) is 5.75 Å². The van der Waals surface area contributed by atoms with Gasteiger partial charge in [-0.25, -0.2) is 4.79 Å². The van der Waals surface area contributed by atoms with Crippen LogP contribution in [0.1, 0.15) is 19.8 Å². The van der Waals surface area contributed by atoms with E-state index in [1.54, 1.807) is 6.07 Å². The van der Waals surface area contributed by atoms with Gasteiger partial charge in [0.25, 0.3) is 0 Å². The van der Waals surface area contributed by atoms with Crippen molar-refractivity contribution in [2.24, 2.45) is 0 Å². The number of thioether (sulfide) groups is 1. The molecule has 4 rings (SSSR count). The number of ether oxygens (including phenoxy) is 1. The van der Waals surface area contributed by atoms with Gasteiger partial charge in [-0.05, 0) is 56.2 Å². The van der Waals surface area contributed by atoms with Crippen molar-refractivity contribution < 1.29 is 14.3 Å². The third kappa shape index (κ3) is 5.41. The van der Waals surface area contributed by atoms with Crippen LogP contribution in [0.2, 0.25) is 5.02 Å². The number of hydrogen-bond donors (Lipinski definition) is 2. The Labute approximate surface area is 194 Å². The average Bonchev–Trinajstić information content (AvgIpc) is 3.49. The summed E-state index contributed by atoms with van der Waals surface area (Å²) in [5, 5.41) is 14.7. The Morgan fingerprint density at radius 3 is 2.59 bits per heavy atom. The number of nitrogens with zero attached hydrogens (tertiary/aromatic N) is 3. The van der Waals surface area contributed by atoms with Gasteiger partial charge in [0.05, 0.1) is 17.4 Å². The summed E-state index contributed by atoms with van der Waals surface area (Å²) in [6, 6.07) is 14.6. The second kappa shape index (κ2) is 10.1. The number of urea groups is 1. The second-order valence-corrected chi connectivity index (χ2v) is 8.48. The third-order valence-corrected chi connectivity index (χ3v) is 5.91. The Morgan fingerprint density at radius 1 is 1.16 bits per heavy atom. The smallest absolute Gasteiger partial charge is 0.321 e. The van der Waals surface area contributed by atoms with Gasteiger partial charge in [-0.15, -0.1) is 10.2 Å². The van der Waals surface area contributed by atoms with Gasteiger partial charge in [-0.2, -0.15) is 0 Å². The molecule has 2 N–H and O–H groups in total. The van der Waals surface area contributed by atoms with Crippen molar-refractivity contribution in [3.63, 3.8) is 0 Å². The fourth-order valence-electron chi connectivity index (χ4n) is 3.01. The lowest BCUT2D eigenvalue weighted by Crippen LogP contribution is -2.41. The van der Waals surface area contributed by atoms with E-state index in [0.717, 1.165) is 29.8 Å². The standard InChI is InChI=1S/C22H22ClN5O3S/c1-2-31-16-11-9-15(10-12-16)28-20(17-5-3-4-6-18(17)23)26-27-22(28)32-13-19(29)25-21(30)24-14-7-8-14/h3-6,9-12,14H,2,7-8,13H2,1H3,(H2,24,25,29,30). The van der Waals surface area contributed by atoms with E-state index in [1.807, 2.05) is 54.0 Å². The SMILES string of the molecule is CCOc1ccc(-n2c(SCC(=O)NC(=O)NC3CC3)nnc2-c2ccccc2Cl)cc1. The number of carbonyl (C=O) groups is 2. The van der Waals surface area contributed by atoms with Crippen molar-refractivity contribution in [3.05, 3.63) is 53.6 Å². The molecule has 0 spiro atoms. The third-order valence-electron chi connectivity index (χ3n) is 4.65. The molecule has 1 aliphatic rings. The summed E-state index contributed by atoms with van der Waals surface area (Å²) in [7, 11) is 0. The second-order valence-electron chi connectivity index (χ2n) is 7.13. The van der Waals surface area contributed by atoms with Crippen molar-refractivity contribution in [1.82, 2.24) is 25.4 Å². The number of nitrogens with one attached hydrogen (secondary N) is 2. The Bertz CT molecular complexity index is 1120. The topological polar surface area (TPSA) is 98.1 Å². The first-order chi connectivity index (χ1) is 15.5. The highest BCUT2D eigenvalue weighted by Crippen LogP contribution is 2.32. The molecule has 3 amide bonds. The Morgan fingerprint density at radius 2 is 1.91 bits per heavy atom. The van der Waals surface area contributed by atoms with Gasteiger partial charge in [-0.1, -0.05) is 35.5 Å². The summed E-state index contributed by atoms with van der Waals surface area (Å²) in [4.78, 5) is 24.0. The predicted octanol–water partition coefficient (Wildman–Crippen LogP) is 4.07. The zero-order chi connectivity index (χ0) is 22.5. The van der Waals surface area contributed by atoms with Crippen LogP contribution in [-0.2, 0) is 4.79 Å². The van der Waals surface area contributed by atoms with Gasteiger partial charge in [0.2, 0.25) is 5.91 Å². The lowest BCUT2D eigenvalue weighted by Gasteiger charge is -2.12. The van der Waals surface area contributed by atoms with Gasteiger partial charge < -0.3 is 10.1 Å². The monoisotopic (exact) mass is 471 g/mol. The number of aromatic nitrogens is 3. The number of carbonyl (C=O) groups excluding carboxylic acids is 2. The van der Waals surface area contributed by atoms with Gasteiger partial charge >= 0.3 is 6.03 Å². The van der Waals surface area contributed by atoms with Crippen molar-refractivity contribution in [1.29, 1.82) is 0 Å². The molecular formula is C22H22ClN5O3S. The molecule has 32 heavy (non-hydrogen) atoms. The van der Waals surface area contributed by atoms with E-state index in [2.05, 4.69) is 20.8 Å². The summed E-state index contributed by atoms with van der Waals surface area (Å²) >= 11 is 7.59. The maximum Gasteiger partial charge on any atom is 0.321 e. The van der Waals surface area contributed by atoms with Crippen LogP contribution in [0, 0.1) is 0 Å². The van der Waals surface area contributed by atoms with Crippen LogP contribution in [0.4, 0.5) is 4.79 Å². The molecule has 0 bridgehead atoms. The first-order valence-corrected chi connectivity index (χ1v) is 11.6. The zero-order valence-corrected chi connectivity index (χ0v) is 18.9. The zero-order valence-electron chi connectivity index (χ0n) is 17.4. The average molecular weight is 472 g/mol. The molecule has 10 heteroatoms. The van der Waals surface area contributed by atoms with Gasteiger partial charge in [0, 0.05) is 17.3 Å². The van der Waals surface area contributed by atoms with E-state index >= 15 is 0 Å². The van der Waals surface area contributed by atoms with Crippen LogP contribution >= 0.6 is 23.4 Å². The van der Waals surface area contributed by atoms with E-state index in [1.165, 1.54) is 11.8 Å². The lowest BCUT2D eigenvalue weighted by atomic mass is 10.2. The number of amides is 3. The van der Waals surface area contributed by atoms with Gasteiger partial charge in [0.1, 0.15) is 5.75 Å². The molecule has 2 aromatic carbocycles. The van der Waals surface area contributed by atoms with E-state index < -0.39 is 11.9 Å². The minimum Gasteiger partial charge on any atom is -0.494 e. The number of halogens is 1. The molecule has 0 radical (unpaired) electrons. The molecule has 1 heterocycles. The summed E-state index contributed by atoms with van der Waals surface area (Å²) in [6.07, 6.45) is 1.90. The van der Waals surface area contributed by atoms with Gasteiger partial charge in [0.15, 0.2) is 11.0 Å². The maximum absolute atomic E-state index is 12.2. The first kappa shape index (κ1) is 22.2. The molecule has 8 nitrogen and oxygen atoms in total. The number of imide groups is 1. The van der Waals surface area contributed by atoms with Crippen LogP contribution < -0.4 is 15.4 Å². The molecule has 0 saturated heterocycles. The van der Waals surface area contributed by atoms with Crippen LogP contribution in [0.15, 0.2) is 53.7 Å². The molecule has 1 aliphatic carbocycles. The van der Waals surface area contributed by atoms with E-state index in [4.69, 9.17) is 16.3 Å². The highest BCUT2D eigenvalue weighted by molar-refractivity contribution is 7.99. The summed E-state index contributed by atoms with van der Waals surface area (Å²) in [5.74, 6) is 0.900. The Kier molecular flexibility index (Phi) is 6.96. The quantitative estimate of drug-likeness (QED) is 0.480. The molecule has 1 saturated carbocycles. The van der Waals surface area contributed by atoms with E-state index in [0.29, 0.717) is 22.6 Å². The Balaban J connectivity index is 1.58.